The Bertz CT molecular complexity index is 624. The van der Waals surface area contributed by atoms with Crippen molar-refractivity contribution in [2.75, 3.05) is 13.4 Å². The highest BCUT2D eigenvalue weighted by Gasteiger charge is 2.19. The molecule has 1 aliphatic rings. The van der Waals surface area contributed by atoms with Gasteiger partial charge in [0.25, 0.3) is 0 Å². The Labute approximate surface area is 123 Å². The van der Waals surface area contributed by atoms with Crippen molar-refractivity contribution in [2.24, 2.45) is 0 Å². The first-order chi connectivity index (χ1) is 10.3. The van der Waals surface area contributed by atoms with Gasteiger partial charge in [-0.3, -0.25) is 0 Å². The molecule has 110 valence electrons. The fourth-order valence-electron chi connectivity index (χ4n) is 2.31. The lowest BCUT2D eigenvalue weighted by molar-refractivity contribution is 0.173. The molecule has 0 saturated heterocycles. The number of aliphatic hydroxyl groups is 1. The molecule has 0 spiro atoms. The third kappa shape index (κ3) is 2.81. The van der Waals surface area contributed by atoms with Crippen LogP contribution in [-0.4, -0.2) is 18.5 Å². The first kappa shape index (κ1) is 13.8. The van der Waals surface area contributed by atoms with Gasteiger partial charge < -0.3 is 19.3 Å². The molecule has 2 aromatic carbocycles. The van der Waals surface area contributed by atoms with Crippen LogP contribution in [0.2, 0.25) is 0 Å². The summed E-state index contributed by atoms with van der Waals surface area (Å²) in [6.07, 6.45) is 0.168. The second-order valence-electron chi connectivity index (χ2n) is 4.90. The Morgan fingerprint density at radius 3 is 2.81 bits per heavy atom. The van der Waals surface area contributed by atoms with Crippen LogP contribution in [0.3, 0.4) is 0 Å². The highest BCUT2D eigenvalue weighted by Crippen LogP contribution is 2.37. The number of rotatable bonds is 5. The van der Waals surface area contributed by atoms with Crippen molar-refractivity contribution in [2.45, 2.75) is 19.4 Å². The van der Waals surface area contributed by atoms with E-state index in [2.05, 4.69) is 6.92 Å². The summed E-state index contributed by atoms with van der Waals surface area (Å²) in [5.74, 6) is 2.09. The SMILES string of the molecule is CCCOc1ccccc1C(O)c1ccc2c(c1)OCO2. The second-order valence-corrected chi connectivity index (χ2v) is 4.90. The molecular formula is C17H18O4. The molecule has 1 atom stereocenters. The molecule has 0 amide bonds. The predicted octanol–water partition coefficient (Wildman–Crippen LogP) is 3.29. The van der Waals surface area contributed by atoms with Crippen LogP contribution in [0.25, 0.3) is 0 Å². The third-order valence-electron chi connectivity index (χ3n) is 3.39. The number of hydrogen-bond donors (Lipinski definition) is 1. The zero-order valence-corrected chi connectivity index (χ0v) is 11.9. The number of ether oxygens (including phenoxy) is 3. The van der Waals surface area contributed by atoms with Gasteiger partial charge in [-0.05, 0) is 30.2 Å². The topological polar surface area (TPSA) is 47.9 Å². The van der Waals surface area contributed by atoms with Gasteiger partial charge in [0.2, 0.25) is 6.79 Å². The largest absolute Gasteiger partial charge is 0.493 e. The van der Waals surface area contributed by atoms with E-state index in [-0.39, 0.29) is 6.79 Å². The molecule has 0 aliphatic carbocycles. The Balaban J connectivity index is 1.89. The van der Waals surface area contributed by atoms with E-state index in [1.165, 1.54) is 0 Å². The molecule has 0 radical (unpaired) electrons. The van der Waals surface area contributed by atoms with Gasteiger partial charge in [-0.25, -0.2) is 0 Å². The average Bonchev–Trinajstić information content (AvgIpc) is 3.00. The summed E-state index contributed by atoms with van der Waals surface area (Å²) in [6.45, 7) is 2.91. The van der Waals surface area contributed by atoms with Gasteiger partial charge in [0, 0.05) is 5.56 Å². The van der Waals surface area contributed by atoms with Crippen LogP contribution in [0.15, 0.2) is 42.5 Å². The number of aliphatic hydroxyl groups excluding tert-OH is 1. The molecule has 3 rings (SSSR count). The van der Waals surface area contributed by atoms with Gasteiger partial charge in [0.1, 0.15) is 11.9 Å². The zero-order valence-electron chi connectivity index (χ0n) is 11.9. The molecular weight excluding hydrogens is 268 g/mol. The van der Waals surface area contributed by atoms with E-state index in [0.29, 0.717) is 23.9 Å². The smallest absolute Gasteiger partial charge is 0.231 e. The molecule has 0 fully saturated rings. The molecule has 1 aliphatic heterocycles. The van der Waals surface area contributed by atoms with Crippen molar-refractivity contribution in [1.82, 2.24) is 0 Å². The lowest BCUT2D eigenvalue weighted by Gasteiger charge is -2.16. The summed E-state index contributed by atoms with van der Waals surface area (Å²) in [4.78, 5) is 0. The van der Waals surface area contributed by atoms with Crippen molar-refractivity contribution < 1.29 is 19.3 Å². The van der Waals surface area contributed by atoms with Gasteiger partial charge >= 0.3 is 0 Å². The lowest BCUT2D eigenvalue weighted by Crippen LogP contribution is -2.04. The minimum atomic E-state index is -0.757. The standard InChI is InChI=1S/C17H18O4/c1-2-9-19-14-6-4-3-5-13(14)17(18)12-7-8-15-16(10-12)21-11-20-15/h3-8,10,17-18H,2,9,11H2,1H3. The van der Waals surface area contributed by atoms with E-state index in [4.69, 9.17) is 14.2 Å². The van der Waals surface area contributed by atoms with Crippen LogP contribution in [0.1, 0.15) is 30.6 Å². The first-order valence-electron chi connectivity index (χ1n) is 7.09. The van der Waals surface area contributed by atoms with Crippen LogP contribution in [0, 0.1) is 0 Å². The van der Waals surface area contributed by atoms with Crippen molar-refractivity contribution >= 4 is 0 Å². The fraction of sp³-hybridized carbons (Fsp3) is 0.294. The molecule has 21 heavy (non-hydrogen) atoms. The summed E-state index contributed by atoms with van der Waals surface area (Å²) in [7, 11) is 0. The minimum absolute atomic E-state index is 0.227. The van der Waals surface area contributed by atoms with Gasteiger partial charge in [-0.1, -0.05) is 31.2 Å². The van der Waals surface area contributed by atoms with Crippen LogP contribution >= 0.6 is 0 Å². The van der Waals surface area contributed by atoms with Gasteiger partial charge in [0.15, 0.2) is 11.5 Å². The van der Waals surface area contributed by atoms with E-state index in [1.54, 1.807) is 0 Å². The van der Waals surface area contributed by atoms with E-state index < -0.39 is 6.10 Å². The van der Waals surface area contributed by atoms with E-state index in [1.807, 2.05) is 42.5 Å². The van der Waals surface area contributed by atoms with Crippen molar-refractivity contribution in [3.63, 3.8) is 0 Å². The van der Waals surface area contributed by atoms with E-state index >= 15 is 0 Å². The third-order valence-corrected chi connectivity index (χ3v) is 3.39. The van der Waals surface area contributed by atoms with E-state index in [0.717, 1.165) is 17.5 Å². The molecule has 4 heteroatoms. The lowest BCUT2D eigenvalue weighted by atomic mass is 10.0. The van der Waals surface area contributed by atoms with Crippen molar-refractivity contribution in [3.8, 4) is 17.2 Å². The van der Waals surface area contributed by atoms with Gasteiger partial charge in [-0.2, -0.15) is 0 Å². The zero-order chi connectivity index (χ0) is 14.7. The van der Waals surface area contributed by atoms with Crippen molar-refractivity contribution in [3.05, 3.63) is 53.6 Å². The van der Waals surface area contributed by atoms with E-state index in [9.17, 15) is 5.11 Å². The number of benzene rings is 2. The number of hydrogen-bond acceptors (Lipinski definition) is 4. The molecule has 1 unspecified atom stereocenters. The molecule has 2 aromatic rings. The molecule has 1 N–H and O–H groups in total. The van der Waals surface area contributed by atoms with Gasteiger partial charge in [-0.15, -0.1) is 0 Å². The second kappa shape index (κ2) is 6.06. The molecule has 1 heterocycles. The molecule has 0 aromatic heterocycles. The summed E-state index contributed by atoms with van der Waals surface area (Å²) >= 11 is 0. The van der Waals surface area contributed by atoms with Crippen LogP contribution in [0.5, 0.6) is 17.2 Å². The predicted molar refractivity (Wildman–Crippen MR) is 78.9 cm³/mol. The highest BCUT2D eigenvalue weighted by atomic mass is 16.7. The van der Waals surface area contributed by atoms with Crippen LogP contribution in [-0.2, 0) is 0 Å². The molecule has 0 bridgehead atoms. The maximum atomic E-state index is 10.6. The average molecular weight is 286 g/mol. The van der Waals surface area contributed by atoms with Crippen LogP contribution in [0.4, 0.5) is 0 Å². The number of fused-ring (bicyclic) bond motifs is 1. The maximum absolute atomic E-state index is 10.6. The van der Waals surface area contributed by atoms with Gasteiger partial charge in [0.05, 0.1) is 6.61 Å². The van der Waals surface area contributed by atoms with Crippen molar-refractivity contribution in [1.29, 1.82) is 0 Å². The maximum Gasteiger partial charge on any atom is 0.231 e. The Morgan fingerprint density at radius 1 is 1.14 bits per heavy atom. The monoisotopic (exact) mass is 286 g/mol. The Morgan fingerprint density at radius 2 is 1.95 bits per heavy atom. The summed E-state index contributed by atoms with van der Waals surface area (Å²) < 4.78 is 16.3. The summed E-state index contributed by atoms with van der Waals surface area (Å²) in [5.41, 5.74) is 1.51. The minimum Gasteiger partial charge on any atom is -0.493 e. The highest BCUT2D eigenvalue weighted by molar-refractivity contribution is 5.48. The normalized spacial score (nSPS) is 14.0. The summed E-state index contributed by atoms with van der Waals surface area (Å²) in [6, 6.07) is 13.0. The first-order valence-corrected chi connectivity index (χ1v) is 7.09. The quantitative estimate of drug-likeness (QED) is 0.916. The fourth-order valence-corrected chi connectivity index (χ4v) is 2.31. The Hall–Kier alpha value is -2.20. The summed E-state index contributed by atoms with van der Waals surface area (Å²) in [5, 5.41) is 10.6. The molecule has 4 nitrogen and oxygen atoms in total. The molecule has 0 saturated carbocycles. The van der Waals surface area contributed by atoms with Crippen LogP contribution < -0.4 is 14.2 Å². The number of para-hydroxylation sites is 1. The Kier molecular flexibility index (Phi) is 3.97.